The van der Waals surface area contributed by atoms with Crippen LogP contribution in [0.4, 0.5) is 16.5 Å². The van der Waals surface area contributed by atoms with Gasteiger partial charge in [0.15, 0.2) is 0 Å². The molecule has 2 aromatic rings. The van der Waals surface area contributed by atoms with E-state index in [9.17, 15) is 4.79 Å². The summed E-state index contributed by atoms with van der Waals surface area (Å²) < 4.78 is 4.97. The molecule has 4 N–H and O–H groups in total. The van der Waals surface area contributed by atoms with Gasteiger partial charge < -0.3 is 20.8 Å². The molecule has 2 amide bonds. The van der Waals surface area contributed by atoms with Gasteiger partial charge in [0.05, 0.1) is 0 Å². The number of carbonyl (C=O) groups is 1. The predicted octanol–water partition coefficient (Wildman–Crippen LogP) is 1.67. The molecule has 1 aromatic carbocycles. The number of nitrogen functional groups attached to an aromatic ring is 1. The lowest BCUT2D eigenvalue weighted by Crippen LogP contribution is -2.30. The number of urea groups is 1. The topological polar surface area (TPSA) is 106 Å². The second kappa shape index (κ2) is 6.05. The van der Waals surface area contributed by atoms with E-state index >= 15 is 0 Å². The van der Waals surface area contributed by atoms with Crippen molar-refractivity contribution in [1.82, 2.24) is 15.5 Å². The van der Waals surface area contributed by atoms with Crippen LogP contribution in [-0.4, -0.2) is 22.8 Å². The Labute approximate surface area is 114 Å². The number of nitrogens with one attached hydrogen (secondary N) is 2. The summed E-state index contributed by atoms with van der Waals surface area (Å²) >= 11 is 5.80. The third kappa shape index (κ3) is 4.14. The predicted molar refractivity (Wildman–Crippen MR) is 70.9 cm³/mol. The molecule has 1 heterocycles. The number of anilines is 2. The first-order valence-electron chi connectivity index (χ1n) is 5.52. The van der Waals surface area contributed by atoms with Crippen molar-refractivity contribution in [2.24, 2.45) is 0 Å². The fraction of sp³-hybridized carbons (Fsp3) is 0.182. The molecule has 0 saturated carbocycles. The maximum Gasteiger partial charge on any atom is 0.319 e. The zero-order valence-corrected chi connectivity index (χ0v) is 10.6. The minimum atomic E-state index is -0.338. The smallest absolute Gasteiger partial charge is 0.319 e. The molecule has 19 heavy (non-hydrogen) atoms. The average Bonchev–Trinajstić information content (AvgIpc) is 2.75. The molecule has 100 valence electrons. The van der Waals surface area contributed by atoms with Crippen molar-refractivity contribution < 1.29 is 9.21 Å². The molecule has 0 atom stereocenters. The highest BCUT2D eigenvalue weighted by molar-refractivity contribution is 6.30. The molecule has 2 rings (SSSR count). The normalized spacial score (nSPS) is 10.2. The first-order chi connectivity index (χ1) is 9.13. The quantitative estimate of drug-likeness (QED) is 0.790. The van der Waals surface area contributed by atoms with E-state index in [1.165, 1.54) is 0 Å². The summed E-state index contributed by atoms with van der Waals surface area (Å²) in [5.74, 6) is 0.376. The molecule has 0 bridgehead atoms. The summed E-state index contributed by atoms with van der Waals surface area (Å²) in [6, 6.07) is 6.54. The third-order valence-electron chi connectivity index (χ3n) is 2.19. The standard InChI is InChI=1S/C11H12ClN5O2/c12-7-2-1-3-8(6-7)15-11(18)14-5-4-9-16-17-10(13)19-9/h1-3,6H,4-5H2,(H2,13,17)(H2,14,15,18). The van der Waals surface area contributed by atoms with Gasteiger partial charge in [-0.1, -0.05) is 22.8 Å². The van der Waals surface area contributed by atoms with Crippen molar-refractivity contribution in [3.05, 3.63) is 35.2 Å². The van der Waals surface area contributed by atoms with Gasteiger partial charge in [-0.3, -0.25) is 0 Å². The van der Waals surface area contributed by atoms with E-state index in [1.807, 2.05) is 0 Å². The Morgan fingerprint density at radius 2 is 2.26 bits per heavy atom. The van der Waals surface area contributed by atoms with Crippen molar-refractivity contribution in [3.63, 3.8) is 0 Å². The monoisotopic (exact) mass is 281 g/mol. The van der Waals surface area contributed by atoms with Crippen molar-refractivity contribution in [3.8, 4) is 0 Å². The number of amides is 2. The van der Waals surface area contributed by atoms with Gasteiger partial charge >= 0.3 is 12.0 Å². The van der Waals surface area contributed by atoms with Crippen LogP contribution in [0.2, 0.25) is 5.02 Å². The van der Waals surface area contributed by atoms with E-state index in [0.717, 1.165) is 0 Å². The minimum absolute atomic E-state index is 0.0124. The highest BCUT2D eigenvalue weighted by Gasteiger charge is 2.05. The summed E-state index contributed by atoms with van der Waals surface area (Å²) in [4.78, 5) is 11.6. The van der Waals surface area contributed by atoms with E-state index in [2.05, 4.69) is 20.8 Å². The van der Waals surface area contributed by atoms with Gasteiger partial charge in [0.25, 0.3) is 0 Å². The highest BCUT2D eigenvalue weighted by Crippen LogP contribution is 2.14. The van der Waals surface area contributed by atoms with Crippen LogP contribution in [0.25, 0.3) is 0 Å². The first-order valence-corrected chi connectivity index (χ1v) is 5.89. The second-order valence-corrected chi connectivity index (χ2v) is 4.11. The number of hydrogen-bond donors (Lipinski definition) is 3. The maximum absolute atomic E-state index is 11.6. The van der Waals surface area contributed by atoms with Crippen LogP contribution >= 0.6 is 11.6 Å². The molecule has 0 aliphatic rings. The van der Waals surface area contributed by atoms with Crippen LogP contribution in [0, 0.1) is 0 Å². The summed E-state index contributed by atoms with van der Waals surface area (Å²) in [6.45, 7) is 0.355. The molecular weight excluding hydrogens is 270 g/mol. The zero-order valence-electron chi connectivity index (χ0n) is 9.89. The van der Waals surface area contributed by atoms with Gasteiger partial charge in [-0.15, -0.1) is 5.10 Å². The zero-order chi connectivity index (χ0) is 13.7. The third-order valence-corrected chi connectivity index (χ3v) is 2.42. The fourth-order valence-corrected chi connectivity index (χ4v) is 1.58. The summed E-state index contributed by atoms with van der Waals surface area (Å²) in [7, 11) is 0. The molecule has 0 fully saturated rings. The maximum atomic E-state index is 11.6. The Hall–Kier alpha value is -2.28. The number of hydrogen-bond acceptors (Lipinski definition) is 5. The number of nitrogens with two attached hydrogens (primary N) is 1. The minimum Gasteiger partial charge on any atom is -0.408 e. The molecule has 0 spiro atoms. The van der Waals surface area contributed by atoms with Crippen LogP contribution in [-0.2, 0) is 6.42 Å². The molecule has 0 aliphatic heterocycles. The lowest BCUT2D eigenvalue weighted by molar-refractivity contribution is 0.252. The molecule has 0 saturated heterocycles. The Morgan fingerprint density at radius 3 is 2.95 bits per heavy atom. The second-order valence-electron chi connectivity index (χ2n) is 3.68. The molecule has 7 nitrogen and oxygen atoms in total. The average molecular weight is 282 g/mol. The Balaban J connectivity index is 1.76. The van der Waals surface area contributed by atoms with E-state index in [1.54, 1.807) is 24.3 Å². The number of rotatable bonds is 4. The lowest BCUT2D eigenvalue weighted by atomic mass is 10.3. The van der Waals surface area contributed by atoms with E-state index in [-0.39, 0.29) is 12.0 Å². The van der Waals surface area contributed by atoms with E-state index < -0.39 is 0 Å². The molecule has 0 unspecified atom stereocenters. The van der Waals surface area contributed by atoms with Gasteiger partial charge in [-0.25, -0.2) is 4.79 Å². The largest absolute Gasteiger partial charge is 0.408 e. The van der Waals surface area contributed by atoms with Gasteiger partial charge in [-0.2, -0.15) is 0 Å². The van der Waals surface area contributed by atoms with Crippen LogP contribution in [0.5, 0.6) is 0 Å². The Kier molecular flexibility index (Phi) is 4.19. The Bertz CT molecular complexity index is 572. The van der Waals surface area contributed by atoms with Crippen molar-refractivity contribution >= 4 is 29.3 Å². The number of nitrogens with zero attached hydrogens (tertiary/aromatic N) is 2. The van der Waals surface area contributed by atoms with Gasteiger partial charge in [0.1, 0.15) is 0 Å². The molecule has 0 aliphatic carbocycles. The van der Waals surface area contributed by atoms with E-state index in [0.29, 0.717) is 29.6 Å². The SMILES string of the molecule is Nc1nnc(CCNC(=O)Nc2cccc(Cl)c2)o1. The van der Waals surface area contributed by atoms with Crippen molar-refractivity contribution in [1.29, 1.82) is 0 Å². The number of carbonyl (C=O) groups excluding carboxylic acids is 1. The fourth-order valence-electron chi connectivity index (χ4n) is 1.39. The lowest BCUT2D eigenvalue weighted by Gasteiger charge is -2.06. The van der Waals surface area contributed by atoms with Crippen molar-refractivity contribution in [2.45, 2.75) is 6.42 Å². The van der Waals surface area contributed by atoms with Crippen molar-refractivity contribution in [2.75, 3.05) is 17.6 Å². The summed E-state index contributed by atoms with van der Waals surface area (Å²) in [5.41, 5.74) is 5.89. The van der Waals surface area contributed by atoms with Gasteiger partial charge in [-0.05, 0) is 18.2 Å². The van der Waals surface area contributed by atoms with E-state index in [4.69, 9.17) is 21.8 Å². The van der Waals surface area contributed by atoms with Crippen LogP contribution in [0.3, 0.4) is 0 Å². The summed E-state index contributed by atoms with van der Waals surface area (Å²) in [6.07, 6.45) is 0.410. The number of benzene rings is 1. The van der Waals surface area contributed by atoms with Crippen LogP contribution in [0.1, 0.15) is 5.89 Å². The number of halogens is 1. The molecule has 1 aromatic heterocycles. The molecule has 8 heteroatoms. The van der Waals surface area contributed by atoms with Crippen LogP contribution < -0.4 is 16.4 Å². The van der Waals surface area contributed by atoms with Crippen LogP contribution in [0.15, 0.2) is 28.7 Å². The summed E-state index contributed by atoms with van der Waals surface area (Å²) in [5, 5.41) is 13.0. The Morgan fingerprint density at radius 1 is 1.42 bits per heavy atom. The van der Waals surface area contributed by atoms with Gasteiger partial charge in [0.2, 0.25) is 5.89 Å². The molecular formula is C11H12ClN5O2. The highest BCUT2D eigenvalue weighted by atomic mass is 35.5. The first kappa shape index (κ1) is 13.2. The van der Waals surface area contributed by atoms with Gasteiger partial charge in [0, 0.05) is 23.7 Å². The number of aromatic nitrogens is 2. The molecule has 0 radical (unpaired) electrons.